The Morgan fingerprint density at radius 3 is 2.56 bits per heavy atom. The SMILES string of the molecule is COCC1(CNc2ccc(C(C)C)nn2)CCC1. The van der Waals surface area contributed by atoms with Crippen LogP contribution in [0.2, 0.25) is 0 Å². The van der Waals surface area contributed by atoms with Gasteiger partial charge in [0.2, 0.25) is 0 Å². The molecule has 2 rings (SSSR count). The van der Waals surface area contributed by atoms with Gasteiger partial charge in [-0.15, -0.1) is 5.10 Å². The van der Waals surface area contributed by atoms with Crippen LogP contribution in [0.4, 0.5) is 5.82 Å². The van der Waals surface area contributed by atoms with E-state index in [0.29, 0.717) is 11.3 Å². The molecule has 100 valence electrons. The molecule has 0 unspecified atom stereocenters. The van der Waals surface area contributed by atoms with Gasteiger partial charge >= 0.3 is 0 Å². The van der Waals surface area contributed by atoms with Gasteiger partial charge in [0.15, 0.2) is 0 Å². The first kappa shape index (κ1) is 13.3. The fraction of sp³-hybridized carbons (Fsp3) is 0.714. The Balaban J connectivity index is 1.89. The molecule has 0 aliphatic heterocycles. The lowest BCUT2D eigenvalue weighted by molar-refractivity contribution is 0.0282. The summed E-state index contributed by atoms with van der Waals surface area (Å²) >= 11 is 0. The van der Waals surface area contributed by atoms with E-state index in [-0.39, 0.29) is 0 Å². The molecule has 18 heavy (non-hydrogen) atoms. The quantitative estimate of drug-likeness (QED) is 0.842. The van der Waals surface area contributed by atoms with Crippen molar-refractivity contribution in [1.29, 1.82) is 0 Å². The fourth-order valence-corrected chi connectivity index (χ4v) is 2.38. The Hall–Kier alpha value is -1.16. The van der Waals surface area contributed by atoms with E-state index in [1.54, 1.807) is 7.11 Å². The van der Waals surface area contributed by atoms with E-state index in [0.717, 1.165) is 24.7 Å². The number of aromatic nitrogens is 2. The number of nitrogens with one attached hydrogen (secondary N) is 1. The molecule has 0 bridgehead atoms. The summed E-state index contributed by atoms with van der Waals surface area (Å²) in [5, 5.41) is 11.8. The number of nitrogens with zero attached hydrogens (tertiary/aromatic N) is 2. The zero-order valence-corrected chi connectivity index (χ0v) is 11.6. The van der Waals surface area contributed by atoms with Gasteiger partial charge < -0.3 is 10.1 Å². The predicted octanol–water partition coefficient (Wildman–Crippen LogP) is 2.83. The monoisotopic (exact) mass is 249 g/mol. The summed E-state index contributed by atoms with van der Waals surface area (Å²) in [7, 11) is 1.78. The normalized spacial score (nSPS) is 17.6. The van der Waals surface area contributed by atoms with Crippen molar-refractivity contribution in [3.8, 4) is 0 Å². The predicted molar refractivity (Wildman–Crippen MR) is 72.8 cm³/mol. The molecule has 1 saturated carbocycles. The van der Waals surface area contributed by atoms with E-state index in [1.165, 1.54) is 19.3 Å². The largest absolute Gasteiger partial charge is 0.384 e. The molecule has 0 amide bonds. The van der Waals surface area contributed by atoms with Crippen LogP contribution in [0.1, 0.15) is 44.7 Å². The van der Waals surface area contributed by atoms with Crippen LogP contribution >= 0.6 is 0 Å². The van der Waals surface area contributed by atoms with E-state index in [4.69, 9.17) is 4.74 Å². The zero-order chi connectivity index (χ0) is 13.0. The van der Waals surface area contributed by atoms with E-state index >= 15 is 0 Å². The molecule has 4 nitrogen and oxygen atoms in total. The topological polar surface area (TPSA) is 47.0 Å². The second-order valence-corrected chi connectivity index (χ2v) is 5.64. The van der Waals surface area contributed by atoms with Crippen LogP contribution in [-0.4, -0.2) is 30.5 Å². The lowest BCUT2D eigenvalue weighted by atomic mass is 9.69. The standard InChI is InChI=1S/C14H23N3O/c1-11(2)12-5-6-13(17-16-12)15-9-14(10-18-3)7-4-8-14/h5-6,11H,4,7-10H2,1-3H3,(H,15,17). The molecule has 1 heterocycles. The number of anilines is 1. The van der Waals surface area contributed by atoms with Gasteiger partial charge in [-0.2, -0.15) is 5.10 Å². The molecule has 0 aromatic carbocycles. The third kappa shape index (κ3) is 2.99. The van der Waals surface area contributed by atoms with Crippen molar-refractivity contribution >= 4 is 5.82 Å². The molecule has 1 aromatic rings. The van der Waals surface area contributed by atoms with Crippen LogP contribution in [0.3, 0.4) is 0 Å². The summed E-state index contributed by atoms with van der Waals surface area (Å²) in [6.45, 7) is 6.01. The number of hydrogen-bond acceptors (Lipinski definition) is 4. The van der Waals surface area contributed by atoms with Crippen LogP contribution in [-0.2, 0) is 4.74 Å². The van der Waals surface area contributed by atoms with Crippen molar-refractivity contribution in [2.75, 3.05) is 25.6 Å². The second-order valence-electron chi connectivity index (χ2n) is 5.64. The lowest BCUT2D eigenvalue weighted by Gasteiger charge is -2.41. The van der Waals surface area contributed by atoms with Gasteiger partial charge in [-0.3, -0.25) is 0 Å². The highest BCUT2D eigenvalue weighted by Crippen LogP contribution is 2.40. The second kappa shape index (κ2) is 5.65. The van der Waals surface area contributed by atoms with Crippen molar-refractivity contribution in [2.45, 2.75) is 39.0 Å². The Labute approximate surface area is 109 Å². The molecule has 0 atom stereocenters. The molecular formula is C14H23N3O. The average molecular weight is 249 g/mol. The first-order valence-corrected chi connectivity index (χ1v) is 6.72. The van der Waals surface area contributed by atoms with E-state index in [2.05, 4.69) is 29.4 Å². The van der Waals surface area contributed by atoms with Crippen LogP contribution in [0, 0.1) is 5.41 Å². The first-order valence-electron chi connectivity index (χ1n) is 6.72. The van der Waals surface area contributed by atoms with Gasteiger partial charge in [0.05, 0.1) is 12.3 Å². The molecule has 1 fully saturated rings. The number of methoxy groups -OCH3 is 1. The van der Waals surface area contributed by atoms with Gasteiger partial charge in [0.1, 0.15) is 5.82 Å². The molecular weight excluding hydrogens is 226 g/mol. The molecule has 1 aliphatic rings. The smallest absolute Gasteiger partial charge is 0.148 e. The number of hydrogen-bond donors (Lipinski definition) is 1. The Kier molecular flexibility index (Phi) is 4.17. The van der Waals surface area contributed by atoms with E-state index < -0.39 is 0 Å². The highest BCUT2D eigenvalue weighted by molar-refractivity contribution is 5.34. The van der Waals surface area contributed by atoms with Gasteiger partial charge in [0, 0.05) is 19.1 Å². The molecule has 0 radical (unpaired) electrons. The Morgan fingerprint density at radius 1 is 1.33 bits per heavy atom. The van der Waals surface area contributed by atoms with Gasteiger partial charge in [-0.25, -0.2) is 0 Å². The summed E-state index contributed by atoms with van der Waals surface area (Å²) in [6, 6.07) is 4.06. The van der Waals surface area contributed by atoms with Crippen molar-refractivity contribution < 1.29 is 4.74 Å². The summed E-state index contributed by atoms with van der Waals surface area (Å²) in [5.74, 6) is 1.29. The summed E-state index contributed by atoms with van der Waals surface area (Å²) in [4.78, 5) is 0. The molecule has 4 heteroatoms. The lowest BCUT2D eigenvalue weighted by Crippen LogP contribution is -2.40. The Bertz CT molecular complexity index is 371. The van der Waals surface area contributed by atoms with E-state index in [9.17, 15) is 0 Å². The maximum atomic E-state index is 5.31. The average Bonchev–Trinajstić information content (AvgIpc) is 2.33. The number of ether oxygens (including phenoxy) is 1. The zero-order valence-electron chi connectivity index (χ0n) is 11.6. The molecule has 1 aliphatic carbocycles. The van der Waals surface area contributed by atoms with Crippen LogP contribution in [0.5, 0.6) is 0 Å². The van der Waals surface area contributed by atoms with Crippen LogP contribution in [0.25, 0.3) is 0 Å². The van der Waals surface area contributed by atoms with Gasteiger partial charge in [-0.05, 0) is 30.9 Å². The fourth-order valence-electron chi connectivity index (χ4n) is 2.38. The minimum Gasteiger partial charge on any atom is -0.384 e. The third-order valence-corrected chi connectivity index (χ3v) is 3.79. The minimum absolute atomic E-state index is 0.313. The van der Waals surface area contributed by atoms with Crippen molar-refractivity contribution in [3.63, 3.8) is 0 Å². The summed E-state index contributed by atoms with van der Waals surface area (Å²) in [6.07, 6.45) is 3.79. The Morgan fingerprint density at radius 2 is 2.11 bits per heavy atom. The molecule has 1 N–H and O–H groups in total. The highest BCUT2D eigenvalue weighted by atomic mass is 16.5. The van der Waals surface area contributed by atoms with Crippen LogP contribution in [0.15, 0.2) is 12.1 Å². The third-order valence-electron chi connectivity index (χ3n) is 3.79. The first-order chi connectivity index (χ1) is 8.65. The molecule has 0 saturated heterocycles. The minimum atomic E-state index is 0.313. The maximum Gasteiger partial charge on any atom is 0.148 e. The van der Waals surface area contributed by atoms with Crippen molar-refractivity contribution in [2.24, 2.45) is 5.41 Å². The molecule has 0 spiro atoms. The summed E-state index contributed by atoms with van der Waals surface area (Å²) < 4.78 is 5.31. The van der Waals surface area contributed by atoms with Crippen molar-refractivity contribution in [1.82, 2.24) is 10.2 Å². The molecule has 1 aromatic heterocycles. The maximum absolute atomic E-state index is 5.31. The number of rotatable bonds is 6. The summed E-state index contributed by atoms with van der Waals surface area (Å²) in [5.41, 5.74) is 1.35. The van der Waals surface area contributed by atoms with E-state index in [1.807, 2.05) is 12.1 Å². The highest BCUT2D eigenvalue weighted by Gasteiger charge is 2.36. The van der Waals surface area contributed by atoms with Gasteiger partial charge in [-0.1, -0.05) is 20.3 Å². The van der Waals surface area contributed by atoms with Crippen LogP contribution < -0.4 is 5.32 Å². The van der Waals surface area contributed by atoms with Gasteiger partial charge in [0.25, 0.3) is 0 Å². The van der Waals surface area contributed by atoms with Crippen molar-refractivity contribution in [3.05, 3.63) is 17.8 Å².